The van der Waals surface area contributed by atoms with Gasteiger partial charge < -0.3 is 10.0 Å². The number of fused-ring (bicyclic) bond motifs is 1. The number of anilines is 1. The predicted molar refractivity (Wildman–Crippen MR) is 125 cm³/mol. The second-order valence-electron chi connectivity index (χ2n) is 9.75. The fourth-order valence-electron chi connectivity index (χ4n) is 5.74. The molecule has 7 nitrogen and oxygen atoms in total. The Morgan fingerprint density at radius 3 is 2.45 bits per heavy atom. The van der Waals surface area contributed by atoms with Crippen LogP contribution in [-0.4, -0.2) is 40.9 Å². The molecule has 1 aliphatic carbocycles. The molecule has 1 aromatic carbocycles. The molecule has 176 valence electrons. The number of carbonyl (C=O) groups excluding carboxylic acids is 3. The first-order chi connectivity index (χ1) is 15.8. The third-order valence-corrected chi connectivity index (χ3v) is 7.64. The summed E-state index contributed by atoms with van der Waals surface area (Å²) in [5, 5.41) is 8.90. The molecule has 3 aliphatic rings. The Hall–Kier alpha value is -2.83. The van der Waals surface area contributed by atoms with Gasteiger partial charge in [0, 0.05) is 18.5 Å². The highest BCUT2D eigenvalue weighted by atomic mass is 16.4. The molecule has 0 spiro atoms. The number of hydrogen-bond donors (Lipinski definition) is 1. The first kappa shape index (κ1) is 23.3. The molecule has 2 amide bonds. The SMILES string of the molecule is CC1C(=O)N(C2CCC(=O)N=CC2=O)c2cccc(CCC3CCC(CCC(=O)O)CC3)c21. The molecule has 0 bridgehead atoms. The number of rotatable bonds is 7. The van der Waals surface area contributed by atoms with E-state index in [1.807, 2.05) is 19.1 Å². The number of benzene rings is 1. The van der Waals surface area contributed by atoms with Gasteiger partial charge in [0.05, 0.1) is 12.1 Å². The molecule has 4 rings (SSSR count). The lowest BCUT2D eigenvalue weighted by molar-refractivity contribution is -0.137. The number of carboxylic acids is 1. The molecule has 2 atom stereocenters. The van der Waals surface area contributed by atoms with Crippen LogP contribution in [0.5, 0.6) is 0 Å². The van der Waals surface area contributed by atoms with Gasteiger partial charge in [-0.05, 0) is 61.6 Å². The maximum Gasteiger partial charge on any atom is 0.303 e. The monoisotopic (exact) mass is 452 g/mol. The average Bonchev–Trinajstić information content (AvgIpc) is 2.94. The lowest BCUT2D eigenvalue weighted by Crippen LogP contribution is -2.44. The largest absolute Gasteiger partial charge is 0.481 e. The van der Waals surface area contributed by atoms with Gasteiger partial charge in [0.1, 0.15) is 6.04 Å². The summed E-state index contributed by atoms with van der Waals surface area (Å²) in [6.07, 6.45) is 8.96. The second kappa shape index (κ2) is 9.98. The standard InChI is InChI=1S/C26H32N2O5/c1-16-25-19(11-9-17-5-7-18(8-6-17)10-14-24(31)32)3-2-4-21(25)28(26(16)33)20-12-13-23(30)27-15-22(20)29/h2-4,15-18,20H,5-14H2,1H3,(H,31,32). The molecule has 1 saturated carbocycles. The lowest BCUT2D eigenvalue weighted by atomic mass is 9.77. The summed E-state index contributed by atoms with van der Waals surface area (Å²) in [6, 6.07) is 5.28. The maximum absolute atomic E-state index is 13.2. The number of aliphatic carboxylic acids is 1. The Morgan fingerprint density at radius 2 is 1.76 bits per heavy atom. The topological polar surface area (TPSA) is 104 Å². The Balaban J connectivity index is 1.44. The number of Topliss-reactive ketones (excluding diaryl/α,β-unsaturated/α-hetero) is 1. The minimum atomic E-state index is -0.711. The van der Waals surface area contributed by atoms with Gasteiger partial charge in [-0.15, -0.1) is 0 Å². The van der Waals surface area contributed by atoms with Gasteiger partial charge in [-0.25, -0.2) is 4.99 Å². The van der Waals surface area contributed by atoms with E-state index in [-0.39, 0.29) is 36.4 Å². The van der Waals surface area contributed by atoms with Crippen molar-refractivity contribution >= 4 is 35.5 Å². The van der Waals surface area contributed by atoms with Crippen molar-refractivity contribution in [2.75, 3.05) is 4.90 Å². The van der Waals surface area contributed by atoms with Crippen molar-refractivity contribution in [2.24, 2.45) is 16.8 Å². The summed E-state index contributed by atoms with van der Waals surface area (Å²) < 4.78 is 0. The molecule has 1 N–H and O–H groups in total. The molecule has 7 heteroatoms. The van der Waals surface area contributed by atoms with Crippen molar-refractivity contribution in [3.63, 3.8) is 0 Å². The molecule has 33 heavy (non-hydrogen) atoms. The van der Waals surface area contributed by atoms with E-state index in [1.54, 1.807) is 4.90 Å². The van der Waals surface area contributed by atoms with E-state index in [0.717, 1.165) is 68.0 Å². The summed E-state index contributed by atoms with van der Waals surface area (Å²) in [5.74, 6) is -0.578. The third kappa shape index (κ3) is 5.07. The van der Waals surface area contributed by atoms with E-state index in [2.05, 4.69) is 11.1 Å². The highest BCUT2D eigenvalue weighted by Gasteiger charge is 2.42. The van der Waals surface area contributed by atoms with Gasteiger partial charge in [0.2, 0.25) is 11.8 Å². The molecule has 0 radical (unpaired) electrons. The number of nitrogens with zero attached hydrogens (tertiary/aromatic N) is 2. The molecule has 0 saturated heterocycles. The number of hydrogen-bond acceptors (Lipinski definition) is 4. The van der Waals surface area contributed by atoms with E-state index in [0.29, 0.717) is 18.3 Å². The van der Waals surface area contributed by atoms with E-state index < -0.39 is 12.0 Å². The highest BCUT2D eigenvalue weighted by Crippen LogP contribution is 2.42. The zero-order valence-electron chi connectivity index (χ0n) is 19.2. The van der Waals surface area contributed by atoms with Gasteiger partial charge in [-0.3, -0.25) is 19.2 Å². The van der Waals surface area contributed by atoms with Gasteiger partial charge in [0.15, 0.2) is 5.78 Å². The summed E-state index contributed by atoms with van der Waals surface area (Å²) >= 11 is 0. The van der Waals surface area contributed by atoms with Crippen LogP contribution < -0.4 is 4.90 Å². The van der Waals surface area contributed by atoms with Crippen molar-refractivity contribution in [3.05, 3.63) is 29.3 Å². The number of carbonyl (C=O) groups is 4. The van der Waals surface area contributed by atoms with Crippen molar-refractivity contribution in [1.29, 1.82) is 0 Å². The van der Waals surface area contributed by atoms with Crippen LogP contribution in [0.15, 0.2) is 23.2 Å². The predicted octanol–water partition coefficient (Wildman–Crippen LogP) is 4.07. The molecule has 1 aromatic rings. The summed E-state index contributed by atoms with van der Waals surface area (Å²) in [5.41, 5.74) is 2.97. The smallest absolute Gasteiger partial charge is 0.303 e. The van der Waals surface area contributed by atoms with Crippen LogP contribution in [0.3, 0.4) is 0 Å². The first-order valence-electron chi connectivity index (χ1n) is 12.1. The third-order valence-electron chi connectivity index (χ3n) is 7.64. The number of aryl methyl sites for hydroxylation is 1. The summed E-state index contributed by atoms with van der Waals surface area (Å²) in [4.78, 5) is 53.6. The first-order valence-corrected chi connectivity index (χ1v) is 12.1. The average molecular weight is 453 g/mol. The number of carboxylic acid groups (broad SMARTS) is 1. The van der Waals surface area contributed by atoms with Crippen LogP contribution in [0.2, 0.25) is 0 Å². The van der Waals surface area contributed by atoms with Crippen molar-refractivity contribution in [3.8, 4) is 0 Å². The quantitative estimate of drug-likeness (QED) is 0.672. The highest BCUT2D eigenvalue weighted by molar-refractivity contribution is 6.34. The fraction of sp³-hybridized carbons (Fsp3) is 0.577. The van der Waals surface area contributed by atoms with Crippen LogP contribution in [0, 0.1) is 11.8 Å². The van der Waals surface area contributed by atoms with E-state index >= 15 is 0 Å². The van der Waals surface area contributed by atoms with Crippen LogP contribution in [0.25, 0.3) is 0 Å². The minimum absolute atomic E-state index is 0.0857. The Morgan fingerprint density at radius 1 is 1.06 bits per heavy atom. The van der Waals surface area contributed by atoms with Gasteiger partial charge in [-0.2, -0.15) is 0 Å². The molecule has 2 unspecified atom stereocenters. The molecular weight excluding hydrogens is 420 g/mol. The van der Waals surface area contributed by atoms with Crippen LogP contribution in [0.4, 0.5) is 5.69 Å². The zero-order valence-corrected chi connectivity index (χ0v) is 19.2. The van der Waals surface area contributed by atoms with Crippen molar-refractivity contribution < 1.29 is 24.3 Å². The van der Waals surface area contributed by atoms with Crippen LogP contribution in [0.1, 0.15) is 81.8 Å². The second-order valence-corrected chi connectivity index (χ2v) is 9.75. The molecular formula is C26H32N2O5. The Kier molecular flexibility index (Phi) is 7.05. The number of amides is 2. The number of aliphatic imine (C=N–C) groups is 1. The van der Waals surface area contributed by atoms with Crippen molar-refractivity contribution in [2.45, 2.75) is 83.1 Å². The maximum atomic E-state index is 13.2. The van der Waals surface area contributed by atoms with Gasteiger partial charge in [-0.1, -0.05) is 37.8 Å². The zero-order chi connectivity index (χ0) is 23.5. The van der Waals surface area contributed by atoms with E-state index in [9.17, 15) is 19.2 Å². The van der Waals surface area contributed by atoms with Crippen LogP contribution >= 0.6 is 0 Å². The van der Waals surface area contributed by atoms with Crippen LogP contribution in [-0.2, 0) is 25.6 Å². The van der Waals surface area contributed by atoms with Crippen molar-refractivity contribution in [1.82, 2.24) is 0 Å². The Bertz CT molecular complexity index is 977. The van der Waals surface area contributed by atoms with E-state index in [4.69, 9.17) is 5.11 Å². The molecule has 1 fully saturated rings. The summed E-state index contributed by atoms with van der Waals surface area (Å²) in [6.45, 7) is 1.90. The summed E-state index contributed by atoms with van der Waals surface area (Å²) in [7, 11) is 0. The fourth-order valence-corrected chi connectivity index (χ4v) is 5.74. The van der Waals surface area contributed by atoms with Gasteiger partial charge in [0.25, 0.3) is 0 Å². The lowest BCUT2D eigenvalue weighted by Gasteiger charge is -2.28. The normalized spacial score (nSPS) is 27.5. The molecule has 0 aromatic heterocycles. The van der Waals surface area contributed by atoms with E-state index in [1.165, 1.54) is 0 Å². The molecule has 2 aliphatic heterocycles. The Labute approximate surface area is 194 Å². The van der Waals surface area contributed by atoms with Gasteiger partial charge >= 0.3 is 5.97 Å². The number of ketones is 1. The molecule has 2 heterocycles. The minimum Gasteiger partial charge on any atom is -0.481 e.